The number of nitrogens with zero attached hydrogens (tertiary/aromatic N) is 4. The monoisotopic (exact) mass is 739 g/mol. The van der Waals surface area contributed by atoms with Gasteiger partial charge in [0, 0.05) is 49.7 Å². The number of morpholine rings is 1. The number of aromatic nitrogens is 2. The maximum Gasteiger partial charge on any atom is 0.251 e. The highest BCUT2D eigenvalue weighted by Crippen LogP contribution is 2.34. The van der Waals surface area contributed by atoms with Crippen LogP contribution in [0.3, 0.4) is 0 Å². The number of likely N-dealkylation sites (N-methyl/N-ethyl adjacent to an activating group) is 1. The molecule has 1 saturated heterocycles. The average Bonchev–Trinajstić information content (AvgIpc) is 3.42. The Kier molecular flexibility index (Phi) is 13.7. The zero-order valence-electron chi connectivity index (χ0n) is 31.5. The Balaban J connectivity index is 1.17. The second-order valence-corrected chi connectivity index (χ2v) is 15.2. The molecule has 0 spiro atoms. The zero-order chi connectivity index (χ0) is 37.2. The third kappa shape index (κ3) is 10.1. The highest BCUT2D eigenvalue weighted by Gasteiger charge is 2.26. The van der Waals surface area contributed by atoms with Crippen molar-refractivity contribution < 1.29 is 23.6 Å². The van der Waals surface area contributed by atoms with E-state index in [9.17, 15) is 9.35 Å². The van der Waals surface area contributed by atoms with E-state index in [4.69, 9.17) is 14.2 Å². The fraction of sp³-hybridized carbons (Fsp3) is 0.429. The predicted molar refractivity (Wildman–Crippen MR) is 213 cm³/mol. The van der Waals surface area contributed by atoms with Crippen LogP contribution in [-0.4, -0.2) is 90.7 Å². The van der Waals surface area contributed by atoms with Crippen LogP contribution in [0.4, 0.5) is 11.4 Å². The van der Waals surface area contributed by atoms with E-state index in [0.717, 1.165) is 85.2 Å². The zero-order valence-corrected chi connectivity index (χ0v) is 32.3. The first-order chi connectivity index (χ1) is 25.8. The van der Waals surface area contributed by atoms with Crippen LogP contribution in [0.15, 0.2) is 83.5 Å². The molecule has 2 aliphatic rings. The van der Waals surface area contributed by atoms with Crippen LogP contribution in [0, 0.1) is 6.92 Å². The van der Waals surface area contributed by atoms with Crippen LogP contribution >= 0.6 is 0 Å². The molecule has 0 bridgehead atoms. The van der Waals surface area contributed by atoms with Gasteiger partial charge in [0.25, 0.3) is 5.91 Å². The number of hydrogen-bond donors (Lipinski definition) is 1. The van der Waals surface area contributed by atoms with Crippen LogP contribution in [0.2, 0.25) is 0 Å². The third-order valence-corrected chi connectivity index (χ3v) is 11.4. The summed E-state index contributed by atoms with van der Waals surface area (Å²) in [5, 5.41) is 3.11. The molecule has 1 aromatic heterocycles. The molecule has 1 N–H and O–H groups in total. The minimum atomic E-state index is -1.24. The molecule has 11 heteroatoms. The number of unbranched alkanes of at least 4 members (excludes halogenated alkanes) is 1. The predicted octanol–water partition coefficient (Wildman–Crippen LogP) is 6.94. The first-order valence-electron chi connectivity index (χ1n) is 18.8. The number of fused-ring (bicyclic) bond motifs is 1. The molecular formula is C42H53N5O5S. The van der Waals surface area contributed by atoms with Gasteiger partial charge >= 0.3 is 0 Å². The molecule has 4 aromatic rings. The number of aryl methyl sites for hydroxylation is 2. The Morgan fingerprint density at radius 1 is 1.02 bits per heavy atom. The van der Waals surface area contributed by atoms with Crippen LogP contribution in [-0.2, 0) is 37.7 Å². The number of ether oxygens (including phenoxy) is 3. The number of carbonyl (C=O) groups is 1. The van der Waals surface area contributed by atoms with Gasteiger partial charge in [-0.25, -0.2) is 4.98 Å². The molecule has 1 amide bonds. The van der Waals surface area contributed by atoms with Crippen LogP contribution in [0.1, 0.15) is 50.1 Å². The quantitative estimate of drug-likeness (QED) is 0.0974. The molecule has 6 rings (SSSR count). The molecule has 1 fully saturated rings. The van der Waals surface area contributed by atoms with Gasteiger partial charge in [0.2, 0.25) is 0 Å². The molecule has 0 saturated carbocycles. The largest absolute Gasteiger partial charge is 0.611 e. The van der Waals surface area contributed by atoms with Crippen LogP contribution < -0.4 is 15.0 Å². The average molecular weight is 740 g/mol. The van der Waals surface area contributed by atoms with Gasteiger partial charge in [-0.05, 0) is 116 Å². The second-order valence-electron chi connectivity index (χ2n) is 13.7. The van der Waals surface area contributed by atoms with Crippen molar-refractivity contribution in [3.05, 3.63) is 95.6 Å². The van der Waals surface area contributed by atoms with Crippen molar-refractivity contribution >= 4 is 34.5 Å². The van der Waals surface area contributed by atoms with Crippen molar-refractivity contribution in [3.63, 3.8) is 0 Å². The molecule has 53 heavy (non-hydrogen) atoms. The van der Waals surface area contributed by atoms with Gasteiger partial charge in [0.1, 0.15) is 12.4 Å². The van der Waals surface area contributed by atoms with Gasteiger partial charge in [-0.2, -0.15) is 0 Å². The van der Waals surface area contributed by atoms with Crippen molar-refractivity contribution in [2.45, 2.75) is 63.3 Å². The summed E-state index contributed by atoms with van der Waals surface area (Å²) in [6.07, 6.45) is 6.60. The lowest BCUT2D eigenvalue weighted by molar-refractivity contribution is -0.112. The number of anilines is 2. The fourth-order valence-corrected chi connectivity index (χ4v) is 7.94. The number of imidazole rings is 1. The summed E-state index contributed by atoms with van der Waals surface area (Å²) in [5.41, 5.74) is 7.49. The SMILES string of the molecule is CCCCOCCOc1ccc(-c2ccc3c(c2)C=C(C(=O)Nc2ccc([S@+]([O-])Cc4c(C)ncn4CC)cc2)CCN3CC2COCCN2C)cc1. The molecular weight excluding hydrogens is 687 g/mol. The lowest BCUT2D eigenvalue weighted by Gasteiger charge is -2.37. The van der Waals surface area contributed by atoms with E-state index in [1.54, 1.807) is 6.33 Å². The third-order valence-electron chi connectivity index (χ3n) is 10.1. The maximum absolute atomic E-state index is 13.9. The van der Waals surface area contributed by atoms with Crippen molar-refractivity contribution in [3.8, 4) is 16.9 Å². The van der Waals surface area contributed by atoms with E-state index in [1.807, 2.05) is 54.0 Å². The number of rotatable bonds is 16. The van der Waals surface area contributed by atoms with Gasteiger partial charge < -0.3 is 33.5 Å². The summed E-state index contributed by atoms with van der Waals surface area (Å²) in [6.45, 7) is 12.6. The maximum atomic E-state index is 13.9. The summed E-state index contributed by atoms with van der Waals surface area (Å²) >= 11 is -1.24. The highest BCUT2D eigenvalue weighted by atomic mass is 32.2. The molecule has 2 atom stereocenters. The molecule has 3 aromatic carbocycles. The summed E-state index contributed by atoms with van der Waals surface area (Å²) in [7, 11) is 2.15. The number of amides is 1. The van der Waals surface area contributed by atoms with Crippen molar-refractivity contribution in [1.82, 2.24) is 14.5 Å². The normalized spacial score (nSPS) is 16.8. The minimum Gasteiger partial charge on any atom is -0.611 e. The van der Waals surface area contributed by atoms with E-state index < -0.39 is 11.2 Å². The highest BCUT2D eigenvalue weighted by molar-refractivity contribution is 7.90. The lowest BCUT2D eigenvalue weighted by Crippen LogP contribution is -2.49. The molecule has 0 radical (unpaired) electrons. The van der Waals surface area contributed by atoms with E-state index in [0.29, 0.717) is 54.7 Å². The van der Waals surface area contributed by atoms with Crippen LogP contribution in [0.5, 0.6) is 5.75 Å². The van der Waals surface area contributed by atoms with E-state index in [1.165, 1.54) is 0 Å². The van der Waals surface area contributed by atoms with Crippen LogP contribution in [0.25, 0.3) is 17.2 Å². The Hall–Kier alpha value is -4.13. The Labute approximate surface area is 317 Å². The van der Waals surface area contributed by atoms with Crippen molar-refractivity contribution in [1.29, 1.82) is 0 Å². The van der Waals surface area contributed by atoms with Gasteiger partial charge in [0.15, 0.2) is 10.6 Å². The number of benzene rings is 3. The first-order valence-corrected chi connectivity index (χ1v) is 20.1. The molecule has 2 aliphatic heterocycles. The Morgan fingerprint density at radius 2 is 1.81 bits per heavy atom. The molecule has 282 valence electrons. The van der Waals surface area contributed by atoms with E-state index in [2.05, 4.69) is 71.3 Å². The topological polar surface area (TPSA) is 104 Å². The number of nitrogens with one attached hydrogen (secondary N) is 1. The number of carbonyl (C=O) groups excluding carboxylic acids is 1. The van der Waals surface area contributed by atoms with Crippen molar-refractivity contribution in [2.24, 2.45) is 0 Å². The van der Waals surface area contributed by atoms with E-state index >= 15 is 0 Å². The van der Waals surface area contributed by atoms with Gasteiger partial charge in [-0.15, -0.1) is 0 Å². The minimum absolute atomic E-state index is 0.141. The lowest BCUT2D eigenvalue weighted by atomic mass is 10.00. The first kappa shape index (κ1) is 38.6. The summed E-state index contributed by atoms with van der Waals surface area (Å²) in [6, 6.07) is 22.2. The van der Waals surface area contributed by atoms with Gasteiger partial charge in [0.05, 0.1) is 43.6 Å². The Morgan fingerprint density at radius 3 is 2.57 bits per heavy atom. The summed E-state index contributed by atoms with van der Waals surface area (Å²) in [4.78, 5) is 23.7. The summed E-state index contributed by atoms with van der Waals surface area (Å²) < 4.78 is 32.6. The van der Waals surface area contributed by atoms with E-state index in [-0.39, 0.29) is 11.9 Å². The molecule has 3 heterocycles. The summed E-state index contributed by atoms with van der Waals surface area (Å²) in [5.74, 6) is 1.06. The van der Waals surface area contributed by atoms with Gasteiger partial charge in [-0.3, -0.25) is 9.69 Å². The van der Waals surface area contributed by atoms with Gasteiger partial charge in [-0.1, -0.05) is 31.5 Å². The van der Waals surface area contributed by atoms with Crippen molar-refractivity contribution in [2.75, 3.05) is 69.9 Å². The molecule has 10 nitrogen and oxygen atoms in total. The molecule has 1 unspecified atom stereocenters. The molecule has 0 aliphatic carbocycles. The second kappa shape index (κ2) is 18.8. The fourth-order valence-electron chi connectivity index (χ4n) is 6.71. The standard InChI is InChI=1S/C42H53N5O5S/c1-5-7-21-50-23-24-52-38-13-8-32(9-14-38)33-10-17-40-35(25-33)26-34(18-19-47(40)27-37-28-51-22-20-45(37)4)42(48)44-36-11-15-39(16-12-36)53(49)29-41-31(3)43-30-46(41)6-2/h8-17,25-26,30,37H,5-7,18-24,27-29H2,1-4H3,(H,44,48)/t37?,53-/m1/s1. The smallest absolute Gasteiger partial charge is 0.251 e. The Bertz CT molecular complexity index is 1830. The number of hydrogen-bond acceptors (Lipinski definition) is 8.